The number of anilines is 1. The molecule has 1 aromatic carbocycles. The second-order valence-electron chi connectivity index (χ2n) is 6.94. The van der Waals surface area contributed by atoms with E-state index >= 15 is 0 Å². The first-order valence-electron chi connectivity index (χ1n) is 9.37. The highest BCUT2D eigenvalue weighted by Gasteiger charge is 2.21. The molecule has 0 bridgehead atoms. The van der Waals surface area contributed by atoms with Crippen LogP contribution >= 0.6 is 0 Å². The van der Waals surface area contributed by atoms with Crippen molar-refractivity contribution in [2.24, 2.45) is 0 Å². The highest BCUT2D eigenvalue weighted by molar-refractivity contribution is 6.07. The highest BCUT2D eigenvalue weighted by atomic mass is 16.1. The third-order valence-corrected chi connectivity index (χ3v) is 5.10. The van der Waals surface area contributed by atoms with Gasteiger partial charge in [0.15, 0.2) is 0 Å². The first-order valence-corrected chi connectivity index (χ1v) is 9.37. The van der Waals surface area contributed by atoms with Gasteiger partial charge < -0.3 is 20.9 Å². The van der Waals surface area contributed by atoms with Gasteiger partial charge in [-0.3, -0.25) is 9.59 Å². The summed E-state index contributed by atoms with van der Waals surface area (Å²) in [6.45, 7) is 2.48. The molecule has 8 heteroatoms. The number of nitrogens with zero attached hydrogens (tertiary/aromatic N) is 2. The second-order valence-corrected chi connectivity index (χ2v) is 6.94. The smallest absolute Gasteiger partial charge is 0.251 e. The molecule has 8 nitrogen and oxygen atoms in total. The number of H-pyrrole nitrogens is 1. The van der Waals surface area contributed by atoms with Crippen molar-refractivity contribution in [3.8, 4) is 0 Å². The van der Waals surface area contributed by atoms with E-state index in [0.717, 1.165) is 42.5 Å². The zero-order valence-electron chi connectivity index (χ0n) is 15.3. The zero-order valence-corrected chi connectivity index (χ0v) is 15.3. The molecule has 1 aliphatic heterocycles. The maximum atomic E-state index is 12.4. The van der Waals surface area contributed by atoms with Gasteiger partial charge in [-0.1, -0.05) is 6.07 Å². The molecule has 0 radical (unpaired) electrons. The number of aromatic amines is 1. The van der Waals surface area contributed by atoms with Crippen molar-refractivity contribution in [2.45, 2.75) is 25.2 Å². The third kappa shape index (κ3) is 3.45. The molecule has 2 aromatic heterocycles. The van der Waals surface area contributed by atoms with Crippen LogP contribution in [0.2, 0.25) is 0 Å². The van der Waals surface area contributed by atoms with Gasteiger partial charge in [0.05, 0.1) is 22.3 Å². The molecule has 3 aromatic rings. The molecular weight excluding hydrogens is 344 g/mol. The van der Waals surface area contributed by atoms with Gasteiger partial charge in [0.1, 0.15) is 5.65 Å². The van der Waals surface area contributed by atoms with Crippen LogP contribution in [0.4, 0.5) is 5.69 Å². The first kappa shape index (κ1) is 17.7. The van der Waals surface area contributed by atoms with Crippen LogP contribution in [0.15, 0.2) is 29.1 Å². The van der Waals surface area contributed by atoms with Crippen LogP contribution in [0.1, 0.15) is 30.9 Å². The molecule has 1 amide bonds. The van der Waals surface area contributed by atoms with Crippen molar-refractivity contribution in [1.29, 1.82) is 0 Å². The average Bonchev–Trinajstić information content (AvgIpc) is 3.06. The van der Waals surface area contributed by atoms with E-state index < -0.39 is 0 Å². The number of nitrogens with one attached hydrogen (secondary N) is 4. The minimum Gasteiger partial charge on any atom is -0.325 e. The number of hydrogen-bond donors (Lipinski definition) is 4. The van der Waals surface area contributed by atoms with Gasteiger partial charge in [0.2, 0.25) is 5.91 Å². The number of rotatable bonds is 5. The molecule has 0 aliphatic carbocycles. The Morgan fingerprint density at radius 3 is 2.93 bits per heavy atom. The maximum Gasteiger partial charge on any atom is 0.251 e. The summed E-state index contributed by atoms with van der Waals surface area (Å²) < 4.78 is 1.84. The van der Waals surface area contributed by atoms with Crippen LogP contribution in [-0.4, -0.2) is 47.2 Å². The van der Waals surface area contributed by atoms with Crippen LogP contribution in [0.5, 0.6) is 0 Å². The lowest BCUT2D eigenvalue weighted by Gasteiger charge is -2.23. The number of carbonyl (C=O) groups is 1. The topological polar surface area (TPSA) is 103 Å². The third-order valence-electron chi connectivity index (χ3n) is 5.10. The van der Waals surface area contributed by atoms with Gasteiger partial charge in [-0.2, -0.15) is 5.10 Å². The zero-order chi connectivity index (χ0) is 18.8. The lowest BCUT2D eigenvalue weighted by Crippen LogP contribution is -2.28. The molecule has 1 aliphatic rings. The molecular formula is C19H24N6O2. The Morgan fingerprint density at radius 1 is 1.33 bits per heavy atom. The Morgan fingerprint density at radius 2 is 2.15 bits per heavy atom. The Bertz CT molecular complexity index is 1030. The maximum absolute atomic E-state index is 12.4. The summed E-state index contributed by atoms with van der Waals surface area (Å²) in [7, 11) is 1.81. The molecule has 4 N–H and O–H groups in total. The molecule has 1 fully saturated rings. The predicted molar refractivity (Wildman–Crippen MR) is 105 cm³/mol. The van der Waals surface area contributed by atoms with Crippen molar-refractivity contribution in [1.82, 2.24) is 25.2 Å². The lowest BCUT2D eigenvalue weighted by molar-refractivity contribution is -0.116. The molecule has 27 heavy (non-hydrogen) atoms. The summed E-state index contributed by atoms with van der Waals surface area (Å²) in [5.41, 5.74) is 2.84. The fourth-order valence-corrected chi connectivity index (χ4v) is 3.75. The lowest BCUT2D eigenvalue weighted by atomic mass is 9.94. The summed E-state index contributed by atoms with van der Waals surface area (Å²) in [6.07, 6.45) is 2.33. The summed E-state index contributed by atoms with van der Waals surface area (Å²) in [4.78, 5) is 27.5. The van der Waals surface area contributed by atoms with E-state index in [1.165, 1.54) is 0 Å². The molecule has 0 saturated carbocycles. The van der Waals surface area contributed by atoms with Gasteiger partial charge in [-0.05, 0) is 45.1 Å². The van der Waals surface area contributed by atoms with E-state index in [9.17, 15) is 9.59 Å². The van der Waals surface area contributed by atoms with Crippen LogP contribution in [0.25, 0.3) is 16.6 Å². The van der Waals surface area contributed by atoms with Crippen molar-refractivity contribution in [3.05, 3.63) is 40.3 Å². The molecule has 0 atom stereocenters. The predicted octanol–water partition coefficient (Wildman–Crippen LogP) is 1.19. The summed E-state index contributed by atoms with van der Waals surface area (Å²) in [5, 5.41) is 14.8. The van der Waals surface area contributed by atoms with E-state index in [-0.39, 0.29) is 11.5 Å². The number of fused-ring (bicyclic) bond motifs is 3. The van der Waals surface area contributed by atoms with E-state index in [0.29, 0.717) is 30.2 Å². The molecule has 1 saturated heterocycles. The molecule has 4 rings (SSSR count). The van der Waals surface area contributed by atoms with Gasteiger partial charge in [0.25, 0.3) is 5.56 Å². The summed E-state index contributed by atoms with van der Waals surface area (Å²) in [5.74, 6) is 0.215. The first-order chi connectivity index (χ1) is 13.2. The highest BCUT2D eigenvalue weighted by Crippen LogP contribution is 2.30. The van der Waals surface area contributed by atoms with Crippen molar-refractivity contribution < 1.29 is 4.79 Å². The van der Waals surface area contributed by atoms with Gasteiger partial charge >= 0.3 is 0 Å². The largest absolute Gasteiger partial charge is 0.325 e. The number of hydrogen-bond acceptors (Lipinski definition) is 5. The fraction of sp³-hybridized carbons (Fsp3) is 0.421. The molecule has 0 spiro atoms. The number of amides is 1. The van der Waals surface area contributed by atoms with Gasteiger partial charge in [-0.15, -0.1) is 0 Å². The van der Waals surface area contributed by atoms with Crippen LogP contribution in [-0.2, 0) is 4.79 Å². The normalized spacial score (nSPS) is 15.4. The Hall–Kier alpha value is -2.71. The van der Waals surface area contributed by atoms with Crippen LogP contribution < -0.4 is 21.5 Å². The standard InChI is InChI=1S/C19H24N6O2/c1-20-8-7-16(26)22-13-3-2-4-14-18(13)19-23-17(27)11-15(25(19)24-14)12-5-9-21-10-6-12/h2-4,11-12,20-21H,5-10H2,1H3,(H,22,26)(H,23,27). The monoisotopic (exact) mass is 368 g/mol. The quantitative estimate of drug-likeness (QED) is 0.542. The summed E-state index contributed by atoms with van der Waals surface area (Å²) >= 11 is 0. The minimum atomic E-state index is -0.144. The Kier molecular flexibility index (Phi) is 4.91. The van der Waals surface area contributed by atoms with Gasteiger partial charge in [0, 0.05) is 24.9 Å². The number of piperidine rings is 1. The summed E-state index contributed by atoms with van der Waals surface area (Å²) in [6, 6.07) is 7.26. The number of carbonyl (C=O) groups excluding carboxylic acids is 1. The van der Waals surface area contributed by atoms with E-state index in [2.05, 4.69) is 20.9 Å². The van der Waals surface area contributed by atoms with E-state index in [1.807, 2.05) is 29.8 Å². The number of benzene rings is 1. The van der Waals surface area contributed by atoms with E-state index in [4.69, 9.17) is 5.10 Å². The Labute approximate surface area is 156 Å². The van der Waals surface area contributed by atoms with Gasteiger partial charge in [-0.25, -0.2) is 4.52 Å². The molecule has 0 unspecified atom stereocenters. The molecule has 142 valence electrons. The van der Waals surface area contributed by atoms with Crippen LogP contribution in [0, 0.1) is 0 Å². The molecule has 3 heterocycles. The second kappa shape index (κ2) is 7.50. The van der Waals surface area contributed by atoms with Crippen molar-refractivity contribution in [3.63, 3.8) is 0 Å². The fourth-order valence-electron chi connectivity index (χ4n) is 3.75. The Balaban J connectivity index is 1.83. The van der Waals surface area contributed by atoms with Crippen molar-refractivity contribution >= 4 is 28.1 Å². The average molecular weight is 368 g/mol. The SMILES string of the molecule is CNCCC(=O)Nc1cccc2nn3c(C4CCNCC4)cc(=O)[nH]c3c12. The van der Waals surface area contributed by atoms with Crippen LogP contribution in [0.3, 0.4) is 0 Å². The minimum absolute atomic E-state index is 0.0759. The van der Waals surface area contributed by atoms with Crippen molar-refractivity contribution in [2.75, 3.05) is 32.0 Å². The number of aromatic nitrogens is 3. The van der Waals surface area contributed by atoms with E-state index in [1.54, 1.807) is 6.07 Å².